The van der Waals surface area contributed by atoms with E-state index in [0.29, 0.717) is 17.7 Å². The molecule has 294 valence electrons. The average Bonchev–Trinajstić information content (AvgIpc) is 3.99. The lowest BCUT2D eigenvalue weighted by Crippen LogP contribution is -2.10. The van der Waals surface area contributed by atoms with Gasteiger partial charge in [0.05, 0.1) is 33.1 Å². The van der Waals surface area contributed by atoms with Gasteiger partial charge >= 0.3 is 0 Å². The van der Waals surface area contributed by atoms with Gasteiger partial charge in [-0.3, -0.25) is 9.13 Å². The monoisotopic (exact) mass is 788 g/mol. The number of nitrogens with zero attached hydrogens (tertiary/aromatic N) is 6. The van der Waals surface area contributed by atoms with E-state index in [9.17, 15) is 0 Å². The molecule has 12 aromatic rings. The van der Waals surface area contributed by atoms with E-state index in [4.69, 9.17) is 15.0 Å². The lowest BCUT2D eigenvalue weighted by molar-refractivity contribution is 0.893. The van der Waals surface area contributed by atoms with Crippen LogP contribution in [0.4, 0.5) is 0 Å². The first-order valence-electron chi connectivity index (χ1n) is 21.2. The highest BCUT2D eigenvalue weighted by molar-refractivity contribution is 6.12. The van der Waals surface area contributed by atoms with E-state index < -0.39 is 0 Å². The second kappa shape index (κ2) is 15.7. The van der Waals surface area contributed by atoms with Crippen molar-refractivity contribution >= 4 is 65.4 Å². The van der Waals surface area contributed by atoms with E-state index in [-0.39, 0.29) is 0 Å². The fraction of sp³-hybridized carbons (Fsp3) is 0.0727. The molecule has 6 heteroatoms. The van der Waals surface area contributed by atoms with E-state index in [1.54, 1.807) is 0 Å². The highest BCUT2D eigenvalue weighted by Gasteiger charge is 2.21. The minimum Gasteiger partial charge on any atom is -0.309 e. The van der Waals surface area contributed by atoms with Crippen LogP contribution in [0.15, 0.2) is 194 Å². The molecule has 0 bridgehead atoms. The largest absolute Gasteiger partial charge is 0.309 e. The van der Waals surface area contributed by atoms with E-state index in [1.165, 1.54) is 21.8 Å². The number of rotatable bonds is 5. The normalized spacial score (nSPS) is 11.3. The third-order valence-corrected chi connectivity index (χ3v) is 11.3. The molecule has 6 nitrogen and oxygen atoms in total. The Bertz CT molecular complexity index is 3410. The molecule has 0 aliphatic heterocycles. The lowest BCUT2D eigenvalue weighted by Gasteiger charge is -2.13. The third kappa shape index (κ3) is 6.15. The minimum atomic E-state index is 0.555. The number of benzene rings is 8. The van der Waals surface area contributed by atoms with Gasteiger partial charge < -0.3 is 4.57 Å². The molecule has 61 heavy (non-hydrogen) atoms. The molecule has 0 amide bonds. The minimum absolute atomic E-state index is 0.555. The van der Waals surface area contributed by atoms with E-state index >= 15 is 0 Å². The molecule has 0 N–H and O–H groups in total. The summed E-state index contributed by atoms with van der Waals surface area (Å²) in [5, 5.41) is 7.03. The van der Waals surface area contributed by atoms with Gasteiger partial charge in [0.2, 0.25) is 11.9 Å². The standard InChI is InChI=1S/C51H32N6.2C2H6/c1-2-14-33(15-3-1)34-26-28-35(29-27-34)49-52-50(56-45-23-11-6-18-39(45)40-19-7-12-24-46(40)56)54-51(53-49)57-47-25-13-8-20-41(47)42-32-36(30-31-48(42)57)55-43-21-9-4-16-37(43)38-17-5-10-22-44(38)55;2*1-2/h1-32H;2*1-2H3. The molecule has 0 radical (unpaired) electrons. The molecule has 0 atom stereocenters. The van der Waals surface area contributed by atoms with Crippen LogP contribution >= 0.6 is 0 Å². The quantitative estimate of drug-likeness (QED) is 0.175. The third-order valence-electron chi connectivity index (χ3n) is 11.3. The Balaban J connectivity index is 0.00000108. The van der Waals surface area contributed by atoms with E-state index in [0.717, 1.165) is 66.0 Å². The molecule has 0 saturated carbocycles. The smallest absolute Gasteiger partial charge is 0.240 e. The molecule has 0 saturated heterocycles. The number of para-hydroxylation sites is 5. The predicted molar refractivity (Wildman–Crippen MR) is 256 cm³/mol. The van der Waals surface area contributed by atoms with Crippen molar-refractivity contribution in [1.82, 2.24) is 28.7 Å². The van der Waals surface area contributed by atoms with Gasteiger partial charge in [0.25, 0.3) is 0 Å². The number of hydrogen-bond acceptors (Lipinski definition) is 3. The molecule has 4 aromatic heterocycles. The summed E-state index contributed by atoms with van der Waals surface area (Å²) < 4.78 is 6.74. The first kappa shape index (κ1) is 37.4. The van der Waals surface area contributed by atoms with Crippen LogP contribution in [0.1, 0.15) is 27.7 Å². The van der Waals surface area contributed by atoms with Crippen LogP contribution in [0.3, 0.4) is 0 Å². The zero-order chi connectivity index (χ0) is 41.5. The van der Waals surface area contributed by atoms with Crippen molar-refractivity contribution in [3.63, 3.8) is 0 Å². The van der Waals surface area contributed by atoms with Gasteiger partial charge in [0.15, 0.2) is 5.82 Å². The maximum absolute atomic E-state index is 5.36. The molecular weight excluding hydrogens is 745 g/mol. The number of hydrogen-bond donors (Lipinski definition) is 0. The maximum Gasteiger partial charge on any atom is 0.240 e. The summed E-state index contributed by atoms with van der Waals surface area (Å²) in [6.45, 7) is 8.00. The Kier molecular flexibility index (Phi) is 9.66. The van der Waals surface area contributed by atoms with Crippen molar-refractivity contribution in [1.29, 1.82) is 0 Å². The van der Waals surface area contributed by atoms with Gasteiger partial charge in [-0.2, -0.15) is 15.0 Å². The first-order valence-corrected chi connectivity index (χ1v) is 21.2. The number of aromatic nitrogens is 6. The fourth-order valence-corrected chi connectivity index (χ4v) is 8.78. The summed E-state index contributed by atoms with van der Waals surface area (Å²) in [7, 11) is 0. The van der Waals surface area contributed by atoms with Crippen molar-refractivity contribution in [3.8, 4) is 40.1 Å². The predicted octanol–water partition coefficient (Wildman–Crippen LogP) is 14.5. The molecular formula is C55H44N6. The Morgan fingerprint density at radius 1 is 0.279 bits per heavy atom. The number of fused-ring (bicyclic) bond motifs is 9. The summed E-state index contributed by atoms with van der Waals surface area (Å²) in [6.07, 6.45) is 0. The Morgan fingerprint density at radius 2 is 0.623 bits per heavy atom. The van der Waals surface area contributed by atoms with Gasteiger partial charge in [-0.25, -0.2) is 0 Å². The maximum atomic E-state index is 5.36. The Labute approximate surface area is 354 Å². The SMILES string of the molecule is CC.CC.c1ccc(-c2ccc(-c3nc(-n4c5ccccc5c5ccccc54)nc(-n4c5ccccc5c5cc(-n6c7ccccc7c7ccccc76)ccc54)n3)cc2)cc1. The van der Waals surface area contributed by atoms with Crippen molar-refractivity contribution in [2.24, 2.45) is 0 Å². The molecule has 0 aliphatic rings. The molecule has 4 heterocycles. The summed E-state index contributed by atoms with van der Waals surface area (Å²) >= 11 is 0. The fourth-order valence-electron chi connectivity index (χ4n) is 8.78. The van der Waals surface area contributed by atoms with Crippen molar-refractivity contribution in [2.45, 2.75) is 27.7 Å². The molecule has 12 rings (SSSR count). The van der Waals surface area contributed by atoms with Gasteiger partial charge in [-0.05, 0) is 59.7 Å². The van der Waals surface area contributed by atoms with Gasteiger partial charge in [-0.1, -0.05) is 173 Å². The molecule has 0 unspecified atom stereocenters. The van der Waals surface area contributed by atoms with Gasteiger partial charge in [-0.15, -0.1) is 0 Å². The van der Waals surface area contributed by atoms with Crippen LogP contribution in [0.2, 0.25) is 0 Å². The summed E-state index contributed by atoms with van der Waals surface area (Å²) in [5.41, 5.74) is 10.8. The highest BCUT2D eigenvalue weighted by Crippen LogP contribution is 2.38. The Morgan fingerprint density at radius 3 is 1.08 bits per heavy atom. The molecule has 0 spiro atoms. The second-order valence-electron chi connectivity index (χ2n) is 14.5. The Hall–Kier alpha value is -7.83. The lowest BCUT2D eigenvalue weighted by atomic mass is 10.0. The first-order chi connectivity index (χ1) is 30.3. The van der Waals surface area contributed by atoms with Gasteiger partial charge in [0, 0.05) is 43.6 Å². The van der Waals surface area contributed by atoms with Crippen LogP contribution in [0.5, 0.6) is 0 Å². The van der Waals surface area contributed by atoms with Crippen LogP contribution < -0.4 is 0 Å². The molecule has 8 aromatic carbocycles. The van der Waals surface area contributed by atoms with Crippen LogP contribution in [0.25, 0.3) is 106 Å². The summed E-state index contributed by atoms with van der Waals surface area (Å²) in [4.78, 5) is 15.9. The molecule has 0 fully saturated rings. The zero-order valence-electron chi connectivity index (χ0n) is 34.7. The zero-order valence-corrected chi connectivity index (χ0v) is 34.7. The van der Waals surface area contributed by atoms with Gasteiger partial charge in [0.1, 0.15) is 0 Å². The topological polar surface area (TPSA) is 53.5 Å². The van der Waals surface area contributed by atoms with Crippen molar-refractivity contribution in [3.05, 3.63) is 194 Å². The summed E-state index contributed by atoms with van der Waals surface area (Å²) in [5.74, 6) is 1.72. The van der Waals surface area contributed by atoms with Crippen molar-refractivity contribution < 1.29 is 0 Å². The van der Waals surface area contributed by atoms with Crippen LogP contribution in [-0.2, 0) is 0 Å². The summed E-state index contributed by atoms with van der Waals surface area (Å²) in [6, 6.07) is 68.5. The van der Waals surface area contributed by atoms with E-state index in [2.05, 4.69) is 202 Å². The van der Waals surface area contributed by atoms with Crippen LogP contribution in [-0.4, -0.2) is 28.7 Å². The highest BCUT2D eigenvalue weighted by atomic mass is 15.3. The van der Waals surface area contributed by atoms with Crippen molar-refractivity contribution in [2.75, 3.05) is 0 Å². The average molecular weight is 789 g/mol. The molecule has 0 aliphatic carbocycles. The van der Waals surface area contributed by atoms with Crippen LogP contribution in [0, 0.1) is 0 Å². The second-order valence-corrected chi connectivity index (χ2v) is 14.5. The van der Waals surface area contributed by atoms with E-state index in [1.807, 2.05) is 33.8 Å².